The third-order valence-electron chi connectivity index (χ3n) is 6.51. The van der Waals surface area contributed by atoms with Gasteiger partial charge in [0.2, 0.25) is 0 Å². The zero-order chi connectivity index (χ0) is 28.2. The van der Waals surface area contributed by atoms with Gasteiger partial charge in [-0.15, -0.1) is 6.58 Å². The second-order valence-corrected chi connectivity index (χ2v) is 9.11. The number of fused-ring (bicyclic) bond motifs is 1. The number of carbonyl (C=O) groups is 3. The Labute approximate surface area is 230 Å². The van der Waals surface area contributed by atoms with Crippen LogP contribution in [-0.4, -0.2) is 30.1 Å². The van der Waals surface area contributed by atoms with Gasteiger partial charge in [-0.2, -0.15) is 0 Å². The van der Waals surface area contributed by atoms with E-state index in [2.05, 4.69) is 11.9 Å². The highest BCUT2D eigenvalue weighted by Crippen LogP contribution is 2.36. The summed E-state index contributed by atoms with van der Waals surface area (Å²) in [5.41, 5.74) is 2.24. The molecule has 0 spiro atoms. The zero-order valence-electron chi connectivity index (χ0n) is 21.7. The Kier molecular flexibility index (Phi) is 7.33. The molecule has 0 saturated carbocycles. The first-order valence-corrected chi connectivity index (χ1v) is 12.5. The molecule has 1 heterocycles. The first kappa shape index (κ1) is 26.2. The summed E-state index contributed by atoms with van der Waals surface area (Å²) in [5.74, 6) is -0.685. The quantitative estimate of drug-likeness (QED) is 0.175. The molecular weight excluding hydrogens is 508 g/mol. The van der Waals surface area contributed by atoms with E-state index in [1.807, 2.05) is 42.5 Å². The molecule has 2 N–H and O–H groups in total. The summed E-state index contributed by atoms with van der Waals surface area (Å²) in [6.07, 6.45) is 3.57. The van der Waals surface area contributed by atoms with Crippen LogP contribution in [0.5, 0.6) is 17.2 Å². The normalized spacial score (nSPS) is 14.4. The van der Waals surface area contributed by atoms with E-state index >= 15 is 0 Å². The van der Waals surface area contributed by atoms with E-state index in [4.69, 9.17) is 9.47 Å². The predicted octanol–water partition coefficient (Wildman–Crippen LogP) is 5.53. The number of nitrogens with zero attached hydrogens (tertiary/aromatic N) is 1. The van der Waals surface area contributed by atoms with Crippen molar-refractivity contribution in [3.8, 4) is 17.2 Å². The fourth-order valence-corrected chi connectivity index (χ4v) is 4.62. The van der Waals surface area contributed by atoms with Gasteiger partial charge in [0.1, 0.15) is 17.9 Å². The van der Waals surface area contributed by atoms with Crippen molar-refractivity contribution in [2.24, 2.45) is 0 Å². The molecule has 0 radical (unpaired) electrons. The molecule has 40 heavy (non-hydrogen) atoms. The molecule has 0 aliphatic carbocycles. The number of carbonyl (C=O) groups excluding carboxylic acids is 3. The van der Waals surface area contributed by atoms with E-state index in [-0.39, 0.29) is 17.0 Å². The molecule has 5 rings (SSSR count). The maximum absolute atomic E-state index is 13.3. The van der Waals surface area contributed by atoms with Crippen LogP contribution < -0.4 is 19.7 Å². The Morgan fingerprint density at radius 1 is 0.950 bits per heavy atom. The Morgan fingerprint density at radius 3 is 2.45 bits per heavy atom. The predicted molar refractivity (Wildman–Crippen MR) is 152 cm³/mol. The van der Waals surface area contributed by atoms with Crippen molar-refractivity contribution in [1.29, 1.82) is 0 Å². The van der Waals surface area contributed by atoms with Crippen LogP contribution in [0.15, 0.2) is 97.1 Å². The van der Waals surface area contributed by atoms with Gasteiger partial charge in [-0.1, -0.05) is 48.5 Å². The summed E-state index contributed by atoms with van der Waals surface area (Å²) in [6, 6.07) is 22.2. The summed E-state index contributed by atoms with van der Waals surface area (Å²) in [7, 11) is 1.51. The van der Waals surface area contributed by atoms with E-state index in [1.54, 1.807) is 18.2 Å². The van der Waals surface area contributed by atoms with Crippen LogP contribution >= 0.6 is 0 Å². The summed E-state index contributed by atoms with van der Waals surface area (Å²) >= 11 is 0. The maximum Gasteiger partial charge on any atom is 0.335 e. The van der Waals surface area contributed by atoms with Crippen molar-refractivity contribution < 1.29 is 29.0 Å². The highest BCUT2D eigenvalue weighted by Gasteiger charge is 2.37. The Hall–Kier alpha value is -5.37. The second-order valence-electron chi connectivity index (χ2n) is 9.11. The lowest BCUT2D eigenvalue weighted by atomic mass is 10.0. The monoisotopic (exact) mass is 534 g/mol. The molecule has 8 heteroatoms. The van der Waals surface area contributed by atoms with Crippen molar-refractivity contribution >= 4 is 40.4 Å². The average molecular weight is 535 g/mol. The number of aromatic hydroxyl groups is 1. The van der Waals surface area contributed by atoms with Crippen LogP contribution in [-0.2, 0) is 22.6 Å². The van der Waals surface area contributed by atoms with Gasteiger partial charge >= 0.3 is 6.03 Å². The van der Waals surface area contributed by atoms with E-state index in [0.717, 1.165) is 26.8 Å². The lowest BCUT2D eigenvalue weighted by molar-refractivity contribution is -0.122. The molecule has 0 bridgehead atoms. The standard InChI is InChI=1S/C32H26N2O6/c1-3-7-22-16-20(17-27-30(36)33-32(38)34(31(27)37)24-12-14-25(35)15-13-24)18-28(39-2)29(22)40-19-23-10-6-9-21-8-4-5-11-26(21)23/h3-6,8-18,35H,1,7,19H2,2H3,(H,33,36,38)/b27-17+. The van der Waals surface area contributed by atoms with Crippen molar-refractivity contribution in [3.05, 3.63) is 114 Å². The largest absolute Gasteiger partial charge is 0.508 e. The SMILES string of the molecule is C=CCc1cc(/C=C2\C(=O)NC(=O)N(c3ccc(O)cc3)C2=O)cc(OC)c1OCc1cccc2ccccc12. The summed E-state index contributed by atoms with van der Waals surface area (Å²) in [6.45, 7) is 4.15. The number of hydrogen-bond acceptors (Lipinski definition) is 6. The topological polar surface area (TPSA) is 105 Å². The molecule has 200 valence electrons. The summed E-state index contributed by atoms with van der Waals surface area (Å²) < 4.78 is 11.9. The van der Waals surface area contributed by atoms with Gasteiger partial charge in [0.05, 0.1) is 12.8 Å². The van der Waals surface area contributed by atoms with Crippen molar-refractivity contribution in [1.82, 2.24) is 5.32 Å². The minimum atomic E-state index is -0.875. The molecule has 4 aromatic carbocycles. The van der Waals surface area contributed by atoms with Crippen LogP contribution in [0, 0.1) is 0 Å². The van der Waals surface area contributed by atoms with E-state index in [0.29, 0.717) is 30.1 Å². The van der Waals surface area contributed by atoms with Crippen LogP contribution in [0.3, 0.4) is 0 Å². The van der Waals surface area contributed by atoms with Gasteiger partial charge in [0, 0.05) is 5.56 Å². The van der Waals surface area contributed by atoms with Crippen molar-refractivity contribution in [2.75, 3.05) is 12.0 Å². The van der Waals surface area contributed by atoms with Gasteiger partial charge < -0.3 is 14.6 Å². The van der Waals surface area contributed by atoms with Crippen molar-refractivity contribution in [2.45, 2.75) is 13.0 Å². The van der Waals surface area contributed by atoms with Gasteiger partial charge in [-0.25, -0.2) is 9.69 Å². The van der Waals surface area contributed by atoms with E-state index in [1.165, 1.54) is 37.5 Å². The van der Waals surface area contributed by atoms with Gasteiger partial charge in [-0.3, -0.25) is 14.9 Å². The molecule has 4 amide bonds. The number of imide groups is 2. The number of allylic oxidation sites excluding steroid dienone is 1. The molecule has 1 aliphatic heterocycles. The van der Waals surface area contributed by atoms with Crippen molar-refractivity contribution in [3.63, 3.8) is 0 Å². The highest BCUT2D eigenvalue weighted by molar-refractivity contribution is 6.39. The van der Waals surface area contributed by atoms with E-state index in [9.17, 15) is 19.5 Å². The smallest absolute Gasteiger partial charge is 0.335 e. The molecule has 0 unspecified atom stereocenters. The summed E-state index contributed by atoms with van der Waals surface area (Å²) in [4.78, 5) is 39.3. The minimum Gasteiger partial charge on any atom is -0.508 e. The first-order valence-electron chi connectivity index (χ1n) is 12.5. The Bertz CT molecular complexity index is 1670. The number of benzene rings is 4. The van der Waals surface area contributed by atoms with E-state index < -0.39 is 17.8 Å². The Morgan fingerprint density at radius 2 is 1.70 bits per heavy atom. The summed E-state index contributed by atoms with van der Waals surface area (Å²) in [5, 5.41) is 14.0. The number of anilines is 1. The maximum atomic E-state index is 13.3. The molecule has 1 fully saturated rings. The number of phenols is 1. The lowest BCUT2D eigenvalue weighted by Crippen LogP contribution is -2.54. The molecule has 8 nitrogen and oxygen atoms in total. The number of hydrogen-bond donors (Lipinski definition) is 2. The molecule has 1 aliphatic rings. The molecule has 0 atom stereocenters. The van der Waals surface area contributed by atoms with Gasteiger partial charge in [0.25, 0.3) is 11.8 Å². The molecule has 4 aromatic rings. The van der Waals surface area contributed by atoms with Gasteiger partial charge in [-0.05, 0) is 70.8 Å². The number of rotatable bonds is 8. The molecule has 0 aromatic heterocycles. The Balaban J connectivity index is 1.49. The number of methoxy groups -OCH3 is 1. The number of nitrogens with one attached hydrogen (secondary N) is 1. The minimum absolute atomic E-state index is 0.0231. The average Bonchev–Trinajstić information content (AvgIpc) is 2.95. The highest BCUT2D eigenvalue weighted by atomic mass is 16.5. The van der Waals surface area contributed by atoms with Crippen LogP contribution in [0.25, 0.3) is 16.8 Å². The number of ether oxygens (including phenoxy) is 2. The second kappa shape index (κ2) is 11.2. The number of barbiturate groups is 1. The van der Waals surface area contributed by atoms with Crippen LogP contribution in [0.1, 0.15) is 16.7 Å². The molecular formula is C32H26N2O6. The fourth-order valence-electron chi connectivity index (χ4n) is 4.62. The third-order valence-corrected chi connectivity index (χ3v) is 6.51. The fraction of sp³-hybridized carbons (Fsp3) is 0.0938. The lowest BCUT2D eigenvalue weighted by Gasteiger charge is -2.26. The zero-order valence-corrected chi connectivity index (χ0v) is 21.7. The third kappa shape index (κ3) is 5.15. The molecule has 1 saturated heterocycles. The van der Waals surface area contributed by atoms with Gasteiger partial charge in [0.15, 0.2) is 11.5 Å². The number of amides is 4. The van der Waals surface area contributed by atoms with Crippen LogP contribution in [0.4, 0.5) is 10.5 Å². The van der Waals surface area contributed by atoms with Crippen LogP contribution in [0.2, 0.25) is 0 Å². The first-order chi connectivity index (χ1) is 19.4. The number of urea groups is 1. The number of phenolic OH excluding ortho intramolecular Hbond substituents is 1.